The molecule has 1 aliphatic heterocycles. The maximum absolute atomic E-state index is 14.7. The van der Waals surface area contributed by atoms with Gasteiger partial charge in [0.2, 0.25) is 5.91 Å². The van der Waals surface area contributed by atoms with Crippen molar-refractivity contribution in [1.82, 2.24) is 19.8 Å². The molecule has 46 heavy (non-hydrogen) atoms. The van der Waals surface area contributed by atoms with Crippen LogP contribution in [0, 0.1) is 5.82 Å². The highest BCUT2D eigenvalue weighted by Gasteiger charge is 2.29. The van der Waals surface area contributed by atoms with Crippen molar-refractivity contribution in [1.29, 1.82) is 0 Å². The van der Waals surface area contributed by atoms with E-state index >= 15 is 0 Å². The first kappa shape index (κ1) is 33.2. The van der Waals surface area contributed by atoms with Crippen molar-refractivity contribution < 1.29 is 23.5 Å². The highest BCUT2D eigenvalue weighted by Crippen LogP contribution is 2.30. The molecule has 0 aliphatic carbocycles. The van der Waals surface area contributed by atoms with Gasteiger partial charge in [-0.3, -0.25) is 9.59 Å². The van der Waals surface area contributed by atoms with Crippen molar-refractivity contribution in [2.24, 2.45) is 5.73 Å². The Bertz CT molecular complexity index is 1620. The minimum absolute atomic E-state index is 0.00660. The van der Waals surface area contributed by atoms with Crippen molar-refractivity contribution in [3.05, 3.63) is 89.5 Å². The fourth-order valence-corrected chi connectivity index (χ4v) is 6.22. The summed E-state index contributed by atoms with van der Waals surface area (Å²) in [6, 6.07) is 20.2. The van der Waals surface area contributed by atoms with E-state index in [1.807, 2.05) is 47.4 Å². The highest BCUT2D eigenvalue weighted by molar-refractivity contribution is 5.95. The predicted molar refractivity (Wildman–Crippen MR) is 177 cm³/mol. The molecule has 2 atom stereocenters. The van der Waals surface area contributed by atoms with E-state index in [4.69, 9.17) is 20.2 Å². The van der Waals surface area contributed by atoms with Crippen LogP contribution >= 0.6 is 0 Å². The molecular formula is C36H44FN5O4. The lowest BCUT2D eigenvalue weighted by atomic mass is 9.95. The van der Waals surface area contributed by atoms with E-state index in [-0.39, 0.29) is 29.9 Å². The number of ether oxygens (including phenoxy) is 2. The van der Waals surface area contributed by atoms with Crippen LogP contribution < -0.4 is 11.1 Å². The number of rotatable bonds is 14. The topological polar surface area (TPSA) is 112 Å². The number of amides is 2. The predicted octanol–water partition coefficient (Wildman–Crippen LogP) is 4.92. The zero-order valence-corrected chi connectivity index (χ0v) is 26.7. The summed E-state index contributed by atoms with van der Waals surface area (Å²) in [6.07, 6.45) is 3.62. The lowest BCUT2D eigenvalue weighted by Crippen LogP contribution is -2.42. The number of carbonyl (C=O) groups is 2. The Balaban J connectivity index is 1.17. The van der Waals surface area contributed by atoms with Gasteiger partial charge in [-0.1, -0.05) is 42.5 Å². The molecule has 2 unspecified atom stereocenters. The minimum atomic E-state index is -0.583. The van der Waals surface area contributed by atoms with Gasteiger partial charge in [-0.15, -0.1) is 0 Å². The molecule has 3 N–H and O–H groups in total. The van der Waals surface area contributed by atoms with Crippen LogP contribution in [0.4, 0.5) is 4.39 Å². The molecule has 0 saturated carbocycles. The molecule has 2 heterocycles. The van der Waals surface area contributed by atoms with Gasteiger partial charge in [-0.2, -0.15) is 0 Å². The molecule has 3 aromatic carbocycles. The summed E-state index contributed by atoms with van der Waals surface area (Å²) in [5, 5.41) is 2.63. The number of halogens is 1. The van der Waals surface area contributed by atoms with E-state index < -0.39 is 11.7 Å². The van der Waals surface area contributed by atoms with Crippen LogP contribution in [0.5, 0.6) is 0 Å². The smallest absolute Gasteiger partial charge is 0.254 e. The fraction of sp³-hybridized carbons (Fsp3) is 0.417. The Kier molecular flexibility index (Phi) is 11.5. The Morgan fingerprint density at radius 1 is 1.04 bits per heavy atom. The SMILES string of the molecule is COCCCn1c(C2CCCN(C(=O)CC(N)Cc3ccc(-c4ccc(C(=O)NCCOC)c(F)c4)cc3)C2)nc2ccccc21. The number of piperidine rings is 1. The van der Waals surface area contributed by atoms with Gasteiger partial charge in [0.15, 0.2) is 0 Å². The van der Waals surface area contributed by atoms with E-state index in [1.165, 1.54) is 19.2 Å². The number of hydrogen-bond acceptors (Lipinski definition) is 6. The third-order valence-electron chi connectivity index (χ3n) is 8.58. The Morgan fingerprint density at radius 3 is 2.57 bits per heavy atom. The van der Waals surface area contributed by atoms with Crippen LogP contribution in [0.3, 0.4) is 0 Å². The number of imidazole rings is 1. The van der Waals surface area contributed by atoms with Crippen LogP contribution in [0.1, 0.15) is 53.3 Å². The molecule has 1 fully saturated rings. The number of methoxy groups -OCH3 is 2. The van der Waals surface area contributed by atoms with E-state index in [2.05, 4.69) is 16.0 Å². The Morgan fingerprint density at radius 2 is 1.80 bits per heavy atom. The second-order valence-electron chi connectivity index (χ2n) is 11.9. The molecule has 0 bridgehead atoms. The first-order chi connectivity index (χ1) is 22.4. The summed E-state index contributed by atoms with van der Waals surface area (Å²) in [5.41, 5.74) is 11.1. The molecule has 1 aliphatic rings. The molecule has 0 radical (unpaired) electrons. The standard InChI is InChI=1S/C36H44FN5O4/c1-45-19-6-18-42-33-9-4-3-8-32(33)40-35(42)28-7-5-17-41(24-28)34(43)23-29(38)21-25-10-12-26(13-11-25)27-14-15-30(31(37)22-27)36(44)39-16-20-46-2/h3-4,8-15,22,28-29H,5-7,16-21,23-24,38H2,1-2H3,(H,39,44). The van der Waals surface area contributed by atoms with Crippen molar-refractivity contribution in [3.8, 4) is 11.1 Å². The summed E-state index contributed by atoms with van der Waals surface area (Å²) in [4.78, 5) is 32.6. The van der Waals surface area contributed by atoms with Crippen LogP contribution in [-0.2, 0) is 27.2 Å². The van der Waals surface area contributed by atoms with Gasteiger partial charge in [0.1, 0.15) is 11.6 Å². The first-order valence-corrected chi connectivity index (χ1v) is 16.0. The third-order valence-corrected chi connectivity index (χ3v) is 8.58. The lowest BCUT2D eigenvalue weighted by molar-refractivity contribution is -0.132. The van der Waals surface area contributed by atoms with Crippen LogP contribution in [0.25, 0.3) is 22.2 Å². The molecule has 1 saturated heterocycles. The molecule has 244 valence electrons. The molecule has 5 rings (SSSR count). The maximum Gasteiger partial charge on any atom is 0.254 e. The zero-order chi connectivity index (χ0) is 32.5. The summed E-state index contributed by atoms with van der Waals surface area (Å²) in [6.45, 7) is 3.54. The number of aromatic nitrogens is 2. The normalized spacial score (nSPS) is 15.7. The number of hydrogen-bond donors (Lipinski definition) is 2. The van der Waals surface area contributed by atoms with Crippen molar-refractivity contribution in [3.63, 3.8) is 0 Å². The number of carbonyl (C=O) groups excluding carboxylic acids is 2. The minimum Gasteiger partial charge on any atom is -0.385 e. The van der Waals surface area contributed by atoms with Gasteiger partial charge in [0.05, 0.1) is 23.2 Å². The summed E-state index contributed by atoms with van der Waals surface area (Å²) in [7, 11) is 3.26. The van der Waals surface area contributed by atoms with Crippen LogP contribution in [0.2, 0.25) is 0 Å². The molecule has 2 amide bonds. The number of nitrogens with one attached hydrogen (secondary N) is 1. The summed E-state index contributed by atoms with van der Waals surface area (Å²) < 4.78 is 27.2. The number of aryl methyl sites for hydroxylation is 1. The first-order valence-electron chi connectivity index (χ1n) is 16.0. The quantitative estimate of drug-likeness (QED) is 0.192. The van der Waals surface area contributed by atoms with Crippen molar-refractivity contribution in [2.75, 3.05) is 47.1 Å². The number of nitrogens with zero attached hydrogens (tertiary/aromatic N) is 3. The summed E-state index contributed by atoms with van der Waals surface area (Å²) >= 11 is 0. The Hall–Kier alpha value is -4.12. The van der Waals surface area contributed by atoms with E-state index in [0.29, 0.717) is 38.3 Å². The average molecular weight is 630 g/mol. The van der Waals surface area contributed by atoms with Gasteiger partial charge < -0.3 is 30.0 Å². The molecule has 4 aromatic rings. The van der Waals surface area contributed by atoms with Gasteiger partial charge in [0, 0.05) is 65.4 Å². The van der Waals surface area contributed by atoms with Crippen molar-refractivity contribution >= 4 is 22.8 Å². The monoisotopic (exact) mass is 629 g/mol. The Labute approximate surface area is 269 Å². The average Bonchev–Trinajstić information content (AvgIpc) is 3.44. The van der Waals surface area contributed by atoms with E-state index in [9.17, 15) is 14.0 Å². The van der Waals surface area contributed by atoms with E-state index in [1.54, 1.807) is 13.2 Å². The number of nitrogens with two attached hydrogens (primary N) is 1. The molecule has 0 spiro atoms. The summed E-state index contributed by atoms with van der Waals surface area (Å²) in [5.74, 6) is 0.218. The van der Waals surface area contributed by atoms with Gasteiger partial charge in [0.25, 0.3) is 5.91 Å². The number of benzene rings is 3. The third kappa shape index (κ3) is 8.17. The largest absolute Gasteiger partial charge is 0.385 e. The second-order valence-corrected chi connectivity index (χ2v) is 11.9. The van der Waals surface area contributed by atoms with E-state index in [0.717, 1.165) is 60.3 Å². The van der Waals surface area contributed by atoms with Gasteiger partial charge >= 0.3 is 0 Å². The van der Waals surface area contributed by atoms with Crippen molar-refractivity contribution in [2.45, 2.75) is 50.6 Å². The van der Waals surface area contributed by atoms with Gasteiger partial charge in [-0.25, -0.2) is 9.37 Å². The van der Waals surface area contributed by atoms with Gasteiger partial charge in [-0.05, 0) is 66.6 Å². The number of fused-ring (bicyclic) bond motifs is 1. The molecule has 1 aromatic heterocycles. The lowest BCUT2D eigenvalue weighted by Gasteiger charge is -2.33. The molecule has 10 heteroatoms. The highest BCUT2D eigenvalue weighted by atomic mass is 19.1. The number of para-hydroxylation sites is 2. The molecule has 9 nitrogen and oxygen atoms in total. The number of likely N-dealkylation sites (tertiary alicyclic amines) is 1. The zero-order valence-electron chi connectivity index (χ0n) is 26.7. The molecular weight excluding hydrogens is 585 g/mol. The van der Waals surface area contributed by atoms with Crippen LogP contribution in [0.15, 0.2) is 66.7 Å². The second kappa shape index (κ2) is 15.9. The van der Waals surface area contributed by atoms with Crippen LogP contribution in [-0.4, -0.2) is 79.4 Å². The maximum atomic E-state index is 14.7. The fourth-order valence-electron chi connectivity index (χ4n) is 6.22.